The highest BCUT2D eigenvalue weighted by molar-refractivity contribution is 5.10. The standard InChI is InChI=1S/C11H16FN3/c12-9-4-5-10(14-7-9)11(15-13)6-8-2-1-3-8/h4-5,7-8,11,15H,1-3,6,13H2. The number of nitrogens with one attached hydrogen (secondary N) is 1. The van der Waals surface area contributed by atoms with E-state index >= 15 is 0 Å². The number of rotatable bonds is 4. The highest BCUT2D eigenvalue weighted by Crippen LogP contribution is 2.33. The fourth-order valence-corrected chi connectivity index (χ4v) is 1.93. The maximum Gasteiger partial charge on any atom is 0.141 e. The van der Waals surface area contributed by atoms with Crippen LogP contribution in [0.2, 0.25) is 0 Å². The summed E-state index contributed by atoms with van der Waals surface area (Å²) in [6, 6.07) is 3.17. The first kappa shape index (κ1) is 10.5. The highest BCUT2D eigenvalue weighted by atomic mass is 19.1. The first-order valence-electron chi connectivity index (χ1n) is 5.37. The summed E-state index contributed by atoms with van der Waals surface area (Å²) in [5.41, 5.74) is 3.58. The number of hydrogen-bond donors (Lipinski definition) is 2. The van der Waals surface area contributed by atoms with Crippen LogP contribution in [0, 0.1) is 11.7 Å². The van der Waals surface area contributed by atoms with Crippen molar-refractivity contribution in [3.8, 4) is 0 Å². The zero-order chi connectivity index (χ0) is 10.7. The van der Waals surface area contributed by atoms with Gasteiger partial charge in [-0.25, -0.2) is 4.39 Å². The van der Waals surface area contributed by atoms with Gasteiger partial charge in [0.1, 0.15) is 5.82 Å². The summed E-state index contributed by atoms with van der Waals surface area (Å²) in [7, 11) is 0. The van der Waals surface area contributed by atoms with Gasteiger partial charge in [0, 0.05) is 0 Å². The van der Waals surface area contributed by atoms with Crippen molar-refractivity contribution < 1.29 is 4.39 Å². The number of hydrogen-bond acceptors (Lipinski definition) is 3. The summed E-state index contributed by atoms with van der Waals surface area (Å²) in [5, 5.41) is 0. The summed E-state index contributed by atoms with van der Waals surface area (Å²) in [5.74, 6) is 5.93. The van der Waals surface area contributed by atoms with E-state index in [1.54, 1.807) is 6.07 Å². The Morgan fingerprint density at radius 1 is 1.53 bits per heavy atom. The molecule has 0 aromatic carbocycles. The van der Waals surface area contributed by atoms with Crippen molar-refractivity contribution in [2.45, 2.75) is 31.7 Å². The van der Waals surface area contributed by atoms with E-state index in [0.29, 0.717) is 0 Å². The van der Waals surface area contributed by atoms with Crippen molar-refractivity contribution in [3.63, 3.8) is 0 Å². The minimum absolute atomic E-state index is 0.0518. The zero-order valence-electron chi connectivity index (χ0n) is 8.62. The molecule has 0 bridgehead atoms. The van der Waals surface area contributed by atoms with Crippen LogP contribution >= 0.6 is 0 Å². The van der Waals surface area contributed by atoms with Crippen LogP contribution in [0.3, 0.4) is 0 Å². The molecule has 1 aromatic rings. The van der Waals surface area contributed by atoms with Crippen LogP contribution in [0.4, 0.5) is 4.39 Å². The lowest BCUT2D eigenvalue weighted by molar-refractivity contribution is 0.260. The van der Waals surface area contributed by atoms with Crippen LogP contribution in [-0.2, 0) is 0 Å². The molecule has 1 aliphatic carbocycles. The number of pyridine rings is 1. The SMILES string of the molecule is NNC(CC1CCC1)c1ccc(F)cn1. The van der Waals surface area contributed by atoms with Crippen LogP contribution < -0.4 is 11.3 Å². The predicted octanol–water partition coefficient (Wildman–Crippen LogP) is 1.92. The molecule has 1 fully saturated rings. The lowest BCUT2D eigenvalue weighted by Gasteiger charge is -2.29. The topological polar surface area (TPSA) is 50.9 Å². The molecule has 1 heterocycles. The summed E-state index contributed by atoms with van der Waals surface area (Å²) in [6.07, 6.45) is 6.10. The van der Waals surface area contributed by atoms with Crippen molar-refractivity contribution in [2.24, 2.45) is 11.8 Å². The molecule has 82 valence electrons. The minimum atomic E-state index is -0.307. The van der Waals surface area contributed by atoms with Crippen LogP contribution in [0.5, 0.6) is 0 Å². The average Bonchev–Trinajstić information content (AvgIpc) is 2.19. The van der Waals surface area contributed by atoms with E-state index in [4.69, 9.17) is 5.84 Å². The Hall–Kier alpha value is -1.00. The first-order chi connectivity index (χ1) is 7.29. The molecule has 0 aliphatic heterocycles. The van der Waals surface area contributed by atoms with Gasteiger partial charge in [-0.3, -0.25) is 16.3 Å². The van der Waals surface area contributed by atoms with Gasteiger partial charge in [0.2, 0.25) is 0 Å². The monoisotopic (exact) mass is 209 g/mol. The highest BCUT2D eigenvalue weighted by Gasteiger charge is 2.22. The van der Waals surface area contributed by atoms with Crippen molar-refractivity contribution in [3.05, 3.63) is 29.8 Å². The molecule has 0 saturated heterocycles. The Morgan fingerprint density at radius 2 is 2.33 bits per heavy atom. The van der Waals surface area contributed by atoms with Crippen LogP contribution in [0.15, 0.2) is 18.3 Å². The van der Waals surface area contributed by atoms with Gasteiger partial charge in [0.15, 0.2) is 0 Å². The molecule has 2 rings (SSSR count). The lowest BCUT2D eigenvalue weighted by Crippen LogP contribution is -2.31. The first-order valence-corrected chi connectivity index (χ1v) is 5.37. The molecule has 3 N–H and O–H groups in total. The van der Waals surface area contributed by atoms with E-state index in [1.165, 1.54) is 31.5 Å². The van der Waals surface area contributed by atoms with E-state index < -0.39 is 0 Å². The predicted molar refractivity (Wildman–Crippen MR) is 56.2 cm³/mol. The quantitative estimate of drug-likeness (QED) is 0.588. The van der Waals surface area contributed by atoms with E-state index in [0.717, 1.165) is 18.0 Å². The van der Waals surface area contributed by atoms with E-state index in [1.807, 2.05) is 0 Å². The fraction of sp³-hybridized carbons (Fsp3) is 0.545. The van der Waals surface area contributed by atoms with E-state index in [-0.39, 0.29) is 11.9 Å². The van der Waals surface area contributed by atoms with Gasteiger partial charge in [-0.1, -0.05) is 19.3 Å². The third-order valence-corrected chi connectivity index (χ3v) is 3.10. The van der Waals surface area contributed by atoms with Crippen molar-refractivity contribution in [1.82, 2.24) is 10.4 Å². The van der Waals surface area contributed by atoms with Crippen molar-refractivity contribution >= 4 is 0 Å². The second-order valence-corrected chi connectivity index (χ2v) is 4.15. The van der Waals surface area contributed by atoms with E-state index in [2.05, 4.69) is 10.4 Å². The molecule has 0 amide bonds. The molecule has 1 saturated carbocycles. The summed E-state index contributed by atoms with van der Waals surface area (Å²) in [6.45, 7) is 0. The maximum atomic E-state index is 12.7. The second-order valence-electron chi connectivity index (χ2n) is 4.15. The molecular formula is C11H16FN3. The minimum Gasteiger partial charge on any atom is -0.271 e. The summed E-state index contributed by atoms with van der Waals surface area (Å²) >= 11 is 0. The van der Waals surface area contributed by atoms with Crippen molar-refractivity contribution in [1.29, 1.82) is 0 Å². The summed E-state index contributed by atoms with van der Waals surface area (Å²) < 4.78 is 12.7. The van der Waals surface area contributed by atoms with Gasteiger partial charge in [0.05, 0.1) is 17.9 Å². The molecule has 1 unspecified atom stereocenters. The van der Waals surface area contributed by atoms with Gasteiger partial charge < -0.3 is 0 Å². The number of aromatic nitrogens is 1. The Kier molecular flexibility index (Phi) is 3.28. The molecule has 1 aliphatic rings. The molecule has 1 aromatic heterocycles. The molecule has 15 heavy (non-hydrogen) atoms. The molecule has 0 radical (unpaired) electrons. The Labute approximate surface area is 88.9 Å². The number of halogens is 1. The van der Waals surface area contributed by atoms with E-state index in [9.17, 15) is 4.39 Å². The number of hydrazine groups is 1. The molecule has 1 atom stereocenters. The largest absolute Gasteiger partial charge is 0.271 e. The Balaban J connectivity index is 2.01. The van der Waals surface area contributed by atoms with Gasteiger partial charge in [0.25, 0.3) is 0 Å². The smallest absolute Gasteiger partial charge is 0.141 e. The Morgan fingerprint density at radius 3 is 2.80 bits per heavy atom. The van der Waals surface area contributed by atoms with Gasteiger partial charge >= 0.3 is 0 Å². The lowest BCUT2D eigenvalue weighted by atomic mass is 9.80. The third kappa shape index (κ3) is 2.52. The number of nitrogens with two attached hydrogens (primary N) is 1. The van der Waals surface area contributed by atoms with Crippen LogP contribution in [0.25, 0.3) is 0 Å². The van der Waals surface area contributed by atoms with Gasteiger partial charge in [-0.15, -0.1) is 0 Å². The van der Waals surface area contributed by atoms with Crippen LogP contribution in [-0.4, -0.2) is 4.98 Å². The molecule has 4 heteroatoms. The Bertz CT molecular complexity index is 308. The van der Waals surface area contributed by atoms with Gasteiger partial charge in [-0.2, -0.15) is 0 Å². The van der Waals surface area contributed by atoms with Crippen LogP contribution in [0.1, 0.15) is 37.4 Å². The zero-order valence-corrected chi connectivity index (χ0v) is 8.62. The molecule has 3 nitrogen and oxygen atoms in total. The average molecular weight is 209 g/mol. The third-order valence-electron chi connectivity index (χ3n) is 3.10. The fourth-order valence-electron chi connectivity index (χ4n) is 1.93. The normalized spacial score (nSPS) is 18.5. The van der Waals surface area contributed by atoms with Crippen molar-refractivity contribution in [2.75, 3.05) is 0 Å². The maximum absolute atomic E-state index is 12.7. The van der Waals surface area contributed by atoms with Gasteiger partial charge in [-0.05, 0) is 24.5 Å². The summed E-state index contributed by atoms with van der Waals surface area (Å²) in [4.78, 5) is 4.04. The second kappa shape index (κ2) is 4.68. The molecule has 0 spiro atoms. The number of nitrogens with zero attached hydrogens (tertiary/aromatic N) is 1. The molecular weight excluding hydrogens is 193 g/mol.